The third-order valence-corrected chi connectivity index (χ3v) is 2.03. The van der Waals surface area contributed by atoms with Crippen LogP contribution in [0.3, 0.4) is 0 Å². The lowest BCUT2D eigenvalue weighted by atomic mass is 9.95. The third kappa shape index (κ3) is 4.71. The van der Waals surface area contributed by atoms with Crippen LogP contribution in [0.25, 0.3) is 0 Å². The van der Waals surface area contributed by atoms with Gasteiger partial charge in [-0.1, -0.05) is 19.4 Å². The first-order chi connectivity index (χ1) is 6.15. The Morgan fingerprint density at radius 3 is 2.15 bits per heavy atom. The lowest BCUT2D eigenvalue weighted by molar-refractivity contribution is -0.137. The van der Waals surface area contributed by atoms with E-state index < -0.39 is 0 Å². The second-order valence-corrected chi connectivity index (χ2v) is 2.89. The highest BCUT2D eigenvalue weighted by Gasteiger charge is 2.08. The molecular weight excluding hydrogens is 164 g/mol. The van der Waals surface area contributed by atoms with Crippen molar-refractivity contribution in [3.05, 3.63) is 17.6 Å². The number of rotatable bonds is 5. The zero-order valence-corrected chi connectivity index (χ0v) is 9.02. The van der Waals surface area contributed by atoms with Crippen LogP contribution in [-0.4, -0.2) is 12.6 Å². The van der Waals surface area contributed by atoms with Gasteiger partial charge in [-0.25, -0.2) is 4.79 Å². The summed E-state index contributed by atoms with van der Waals surface area (Å²) in [6, 6.07) is 0. The van der Waals surface area contributed by atoms with Gasteiger partial charge in [0.25, 0.3) is 0 Å². The van der Waals surface area contributed by atoms with E-state index in [0.717, 1.165) is 18.4 Å². The standard InChI is InChI=1S/C11H19O2/c1-5-10(6-2)9(4)8-11(12)13-7-3/h8H,5-7H2,1-4H3. The Bertz CT molecular complexity index is 179. The molecule has 0 heterocycles. The first kappa shape index (κ1) is 12.2. The summed E-state index contributed by atoms with van der Waals surface area (Å²) >= 11 is 0. The summed E-state index contributed by atoms with van der Waals surface area (Å²) in [5.41, 5.74) is 1.04. The summed E-state index contributed by atoms with van der Waals surface area (Å²) < 4.78 is 4.82. The summed E-state index contributed by atoms with van der Waals surface area (Å²) in [6.45, 7) is 8.41. The fraction of sp³-hybridized carbons (Fsp3) is 0.636. The van der Waals surface area contributed by atoms with Crippen molar-refractivity contribution >= 4 is 5.97 Å². The second-order valence-electron chi connectivity index (χ2n) is 2.89. The largest absolute Gasteiger partial charge is 0.463 e. The molecule has 0 aliphatic rings. The van der Waals surface area contributed by atoms with Crippen LogP contribution in [0, 0.1) is 5.92 Å². The molecule has 0 bridgehead atoms. The van der Waals surface area contributed by atoms with Crippen molar-refractivity contribution in [1.82, 2.24) is 0 Å². The van der Waals surface area contributed by atoms with Crippen molar-refractivity contribution in [3.8, 4) is 0 Å². The monoisotopic (exact) mass is 183 g/mol. The average molecular weight is 183 g/mol. The van der Waals surface area contributed by atoms with E-state index >= 15 is 0 Å². The first-order valence-electron chi connectivity index (χ1n) is 4.85. The van der Waals surface area contributed by atoms with E-state index in [1.54, 1.807) is 6.08 Å². The van der Waals surface area contributed by atoms with Crippen molar-refractivity contribution in [2.75, 3.05) is 6.61 Å². The Hall–Kier alpha value is -0.790. The fourth-order valence-electron chi connectivity index (χ4n) is 1.27. The zero-order valence-electron chi connectivity index (χ0n) is 9.02. The normalized spacial score (nSPS) is 11.9. The second kappa shape index (κ2) is 6.70. The van der Waals surface area contributed by atoms with E-state index in [4.69, 9.17) is 4.74 Å². The Labute approximate surface area is 81.0 Å². The summed E-state index contributed by atoms with van der Waals surface area (Å²) in [7, 11) is 0. The minimum absolute atomic E-state index is 0.237. The zero-order chi connectivity index (χ0) is 10.3. The van der Waals surface area contributed by atoms with E-state index in [0.29, 0.717) is 6.61 Å². The number of esters is 1. The quantitative estimate of drug-likeness (QED) is 0.484. The molecule has 0 fully saturated rings. The van der Waals surface area contributed by atoms with Crippen LogP contribution in [0.1, 0.15) is 40.5 Å². The molecule has 0 amide bonds. The molecule has 0 unspecified atom stereocenters. The summed E-state index contributed by atoms with van der Waals surface area (Å²) in [5.74, 6) is 1.08. The van der Waals surface area contributed by atoms with Gasteiger partial charge in [0.2, 0.25) is 0 Å². The molecule has 75 valence electrons. The maximum Gasteiger partial charge on any atom is 0.330 e. The predicted octanol–water partition coefficient (Wildman–Crippen LogP) is 2.89. The van der Waals surface area contributed by atoms with Gasteiger partial charge in [0.15, 0.2) is 0 Å². The van der Waals surface area contributed by atoms with Crippen molar-refractivity contribution < 1.29 is 9.53 Å². The predicted molar refractivity (Wildman–Crippen MR) is 54.2 cm³/mol. The third-order valence-electron chi connectivity index (χ3n) is 2.03. The van der Waals surface area contributed by atoms with Crippen molar-refractivity contribution in [2.24, 2.45) is 0 Å². The van der Waals surface area contributed by atoms with Crippen LogP contribution in [-0.2, 0) is 9.53 Å². The van der Waals surface area contributed by atoms with Gasteiger partial charge in [0, 0.05) is 12.0 Å². The summed E-state index contributed by atoms with van der Waals surface area (Å²) in [4.78, 5) is 11.1. The SMILES string of the molecule is CCOC(=O)C=C(C)[C](CC)CC. The molecule has 0 atom stereocenters. The molecule has 0 aromatic carbocycles. The van der Waals surface area contributed by atoms with Gasteiger partial charge in [-0.3, -0.25) is 0 Å². The Morgan fingerprint density at radius 1 is 1.23 bits per heavy atom. The number of carbonyl (C=O) groups is 1. The van der Waals surface area contributed by atoms with Gasteiger partial charge in [-0.05, 0) is 26.7 Å². The molecule has 2 nitrogen and oxygen atoms in total. The summed E-state index contributed by atoms with van der Waals surface area (Å²) in [6.07, 6.45) is 3.57. The molecule has 0 spiro atoms. The van der Waals surface area contributed by atoms with Crippen LogP contribution < -0.4 is 0 Å². The van der Waals surface area contributed by atoms with E-state index in [1.807, 2.05) is 13.8 Å². The molecule has 0 aliphatic carbocycles. The smallest absolute Gasteiger partial charge is 0.330 e. The van der Waals surface area contributed by atoms with Gasteiger partial charge >= 0.3 is 5.97 Å². The number of hydrogen-bond donors (Lipinski definition) is 0. The number of ether oxygens (including phenoxy) is 1. The number of allylic oxidation sites excluding steroid dienone is 1. The van der Waals surface area contributed by atoms with Crippen LogP contribution in [0.4, 0.5) is 0 Å². The molecule has 0 aliphatic heterocycles. The molecule has 0 aromatic rings. The number of carbonyl (C=O) groups excluding carboxylic acids is 1. The van der Waals surface area contributed by atoms with E-state index in [1.165, 1.54) is 5.92 Å². The van der Waals surface area contributed by atoms with Crippen LogP contribution >= 0.6 is 0 Å². The Kier molecular flexibility index (Phi) is 6.29. The molecular formula is C11H19O2. The lowest BCUT2D eigenvalue weighted by Gasteiger charge is -2.11. The van der Waals surface area contributed by atoms with Crippen molar-refractivity contribution in [3.63, 3.8) is 0 Å². The molecule has 0 rings (SSSR count). The molecule has 0 N–H and O–H groups in total. The van der Waals surface area contributed by atoms with E-state index in [2.05, 4.69) is 13.8 Å². The highest BCUT2D eigenvalue weighted by Crippen LogP contribution is 2.20. The Balaban J connectivity index is 4.20. The highest BCUT2D eigenvalue weighted by atomic mass is 16.5. The van der Waals surface area contributed by atoms with Gasteiger partial charge in [0.1, 0.15) is 0 Å². The minimum Gasteiger partial charge on any atom is -0.463 e. The van der Waals surface area contributed by atoms with Crippen LogP contribution in [0.2, 0.25) is 0 Å². The van der Waals surface area contributed by atoms with Gasteiger partial charge in [0.05, 0.1) is 6.61 Å². The van der Waals surface area contributed by atoms with Crippen LogP contribution in [0.15, 0.2) is 11.6 Å². The molecule has 0 saturated carbocycles. The minimum atomic E-state index is -0.237. The van der Waals surface area contributed by atoms with Crippen LogP contribution in [0.5, 0.6) is 0 Å². The lowest BCUT2D eigenvalue weighted by Crippen LogP contribution is -2.03. The average Bonchev–Trinajstić information content (AvgIpc) is 2.06. The first-order valence-corrected chi connectivity index (χ1v) is 4.85. The van der Waals surface area contributed by atoms with Gasteiger partial charge < -0.3 is 4.74 Å². The molecule has 2 heteroatoms. The molecule has 13 heavy (non-hydrogen) atoms. The maximum absolute atomic E-state index is 11.1. The van der Waals surface area contributed by atoms with Gasteiger partial charge in [-0.2, -0.15) is 0 Å². The summed E-state index contributed by atoms with van der Waals surface area (Å²) in [5, 5.41) is 0. The van der Waals surface area contributed by atoms with Crippen molar-refractivity contribution in [2.45, 2.75) is 40.5 Å². The highest BCUT2D eigenvalue weighted by molar-refractivity contribution is 5.83. The Morgan fingerprint density at radius 2 is 1.77 bits per heavy atom. The van der Waals surface area contributed by atoms with Crippen molar-refractivity contribution in [1.29, 1.82) is 0 Å². The molecule has 0 aromatic heterocycles. The fourth-order valence-corrected chi connectivity index (χ4v) is 1.27. The topological polar surface area (TPSA) is 26.3 Å². The van der Waals surface area contributed by atoms with E-state index in [9.17, 15) is 4.79 Å². The van der Waals surface area contributed by atoms with E-state index in [-0.39, 0.29) is 5.97 Å². The maximum atomic E-state index is 11.1. The van der Waals surface area contributed by atoms with Gasteiger partial charge in [-0.15, -0.1) is 0 Å². The molecule has 0 saturated heterocycles. The number of hydrogen-bond acceptors (Lipinski definition) is 2. The molecule has 1 radical (unpaired) electrons.